The second-order valence-corrected chi connectivity index (χ2v) is 12.8. The van der Waals surface area contributed by atoms with Crippen molar-refractivity contribution in [3.63, 3.8) is 0 Å². The maximum atomic E-state index is 14.5. The van der Waals surface area contributed by atoms with E-state index < -0.39 is 23.7 Å². The lowest BCUT2D eigenvalue weighted by Gasteiger charge is -2.45. The number of hydrogen-bond acceptors (Lipinski definition) is 4. The Morgan fingerprint density at radius 3 is 2.17 bits per heavy atom. The Morgan fingerprint density at radius 1 is 0.976 bits per heavy atom. The molecule has 41 heavy (non-hydrogen) atoms. The molecular weight excluding hydrogens is 512 g/mol. The number of pyridine rings is 1. The first-order valence-electron chi connectivity index (χ1n) is 14.5. The van der Waals surface area contributed by atoms with Gasteiger partial charge < -0.3 is 15.5 Å². The van der Waals surface area contributed by atoms with Gasteiger partial charge in [-0.1, -0.05) is 68.4 Å². The molecule has 1 aromatic heterocycles. The summed E-state index contributed by atoms with van der Waals surface area (Å²) >= 11 is 0. The second-order valence-electron chi connectivity index (χ2n) is 12.8. The third kappa shape index (κ3) is 6.19. The maximum Gasteiger partial charge on any atom is 0.247 e. The molecule has 0 bridgehead atoms. The molecule has 0 radical (unpaired) electrons. The molecule has 2 N–H and O–H groups in total. The molecule has 1 aliphatic carbocycles. The predicted octanol–water partition coefficient (Wildman–Crippen LogP) is 4.86. The summed E-state index contributed by atoms with van der Waals surface area (Å²) in [6.07, 6.45) is 3.63. The lowest BCUT2D eigenvalue weighted by molar-refractivity contribution is -0.158. The third-order valence-corrected chi connectivity index (χ3v) is 7.92. The Balaban J connectivity index is 1.55. The van der Waals surface area contributed by atoms with Gasteiger partial charge in [0.1, 0.15) is 18.1 Å². The number of carbonyl (C=O) groups is 3. The van der Waals surface area contributed by atoms with Crippen LogP contribution in [0.2, 0.25) is 0 Å². The monoisotopic (exact) mass is 552 g/mol. The summed E-state index contributed by atoms with van der Waals surface area (Å²) in [6.45, 7) is 9.81. The first-order chi connectivity index (χ1) is 19.5. The van der Waals surface area contributed by atoms with E-state index in [9.17, 15) is 14.4 Å². The van der Waals surface area contributed by atoms with Crippen LogP contribution in [0.4, 0.5) is 0 Å². The van der Waals surface area contributed by atoms with E-state index in [1.807, 2.05) is 89.2 Å². The molecule has 2 aromatic carbocycles. The minimum absolute atomic E-state index is 0.0655. The number of nitrogens with zero attached hydrogens (tertiary/aromatic N) is 2. The van der Waals surface area contributed by atoms with Gasteiger partial charge >= 0.3 is 0 Å². The summed E-state index contributed by atoms with van der Waals surface area (Å²) in [6, 6.07) is 19.1. The molecule has 0 saturated carbocycles. The van der Waals surface area contributed by atoms with Gasteiger partial charge in [-0.25, -0.2) is 0 Å². The summed E-state index contributed by atoms with van der Waals surface area (Å²) in [7, 11) is 0. The number of aromatic nitrogens is 1. The SMILES string of the molecule is CC(C)CC1C(=O)NC(C2Cc3ccccc3C2)C(=O)N1C(C(=O)NC(C)(C)C)c1ccc(-c2ccccn2)cc1. The van der Waals surface area contributed by atoms with Gasteiger partial charge in [-0.2, -0.15) is 0 Å². The van der Waals surface area contributed by atoms with Crippen molar-refractivity contribution >= 4 is 17.7 Å². The highest BCUT2D eigenvalue weighted by atomic mass is 16.2. The van der Waals surface area contributed by atoms with Crippen LogP contribution in [-0.2, 0) is 27.2 Å². The Labute approximate surface area is 242 Å². The summed E-state index contributed by atoms with van der Waals surface area (Å²) in [5.41, 5.74) is 4.29. The number of fused-ring (bicyclic) bond motifs is 1. The average molecular weight is 553 g/mol. The lowest BCUT2D eigenvalue weighted by Crippen LogP contribution is -2.67. The van der Waals surface area contributed by atoms with Gasteiger partial charge in [0.15, 0.2) is 0 Å². The fraction of sp³-hybridized carbons (Fsp3) is 0.412. The van der Waals surface area contributed by atoms with Crippen molar-refractivity contribution in [1.29, 1.82) is 0 Å². The molecule has 2 aliphatic rings. The first kappa shape index (κ1) is 28.5. The van der Waals surface area contributed by atoms with Crippen LogP contribution >= 0.6 is 0 Å². The average Bonchev–Trinajstić information content (AvgIpc) is 3.36. The van der Waals surface area contributed by atoms with Crippen LogP contribution in [0.1, 0.15) is 63.8 Å². The van der Waals surface area contributed by atoms with Gasteiger partial charge in [-0.3, -0.25) is 19.4 Å². The van der Waals surface area contributed by atoms with Crippen LogP contribution in [0.25, 0.3) is 11.3 Å². The number of carbonyl (C=O) groups excluding carboxylic acids is 3. The standard InChI is InChI=1S/C34H40N4O3/c1-21(2)18-28-31(39)36-29(26-19-24-10-6-7-11-25(24)20-26)33(41)38(28)30(32(40)37-34(3,4)5)23-15-13-22(14-16-23)27-12-8-9-17-35-27/h6-17,21,26,28-30H,18-20H2,1-5H3,(H,36,39)(H,37,40). The summed E-state index contributed by atoms with van der Waals surface area (Å²) in [5, 5.41) is 6.17. The molecule has 3 unspecified atom stereocenters. The molecule has 3 amide bonds. The maximum absolute atomic E-state index is 14.5. The highest BCUT2D eigenvalue weighted by Crippen LogP contribution is 2.36. The molecule has 5 rings (SSSR count). The fourth-order valence-corrected chi connectivity index (χ4v) is 6.12. The predicted molar refractivity (Wildman–Crippen MR) is 160 cm³/mol. The van der Waals surface area contributed by atoms with Gasteiger partial charge in [0.25, 0.3) is 0 Å². The van der Waals surface area contributed by atoms with E-state index in [0.717, 1.165) is 11.3 Å². The third-order valence-electron chi connectivity index (χ3n) is 7.92. The van der Waals surface area contributed by atoms with Crippen LogP contribution in [0.3, 0.4) is 0 Å². The molecule has 3 atom stereocenters. The molecule has 0 spiro atoms. The van der Waals surface area contributed by atoms with E-state index in [1.54, 1.807) is 11.1 Å². The largest absolute Gasteiger partial charge is 0.349 e. The van der Waals surface area contributed by atoms with E-state index in [1.165, 1.54) is 11.1 Å². The molecule has 214 valence electrons. The number of piperazine rings is 1. The van der Waals surface area contributed by atoms with Crippen LogP contribution in [0, 0.1) is 11.8 Å². The summed E-state index contributed by atoms with van der Waals surface area (Å²) < 4.78 is 0. The van der Waals surface area contributed by atoms with Crippen molar-refractivity contribution in [3.05, 3.63) is 89.6 Å². The zero-order chi connectivity index (χ0) is 29.3. The highest BCUT2D eigenvalue weighted by Gasteiger charge is 2.49. The van der Waals surface area contributed by atoms with Crippen molar-refractivity contribution in [2.45, 2.75) is 77.5 Å². The van der Waals surface area contributed by atoms with Gasteiger partial charge in [-0.05, 0) is 80.7 Å². The minimum atomic E-state index is -0.958. The van der Waals surface area contributed by atoms with E-state index in [2.05, 4.69) is 27.8 Å². The van der Waals surface area contributed by atoms with Crippen LogP contribution < -0.4 is 10.6 Å². The lowest BCUT2D eigenvalue weighted by atomic mass is 9.87. The van der Waals surface area contributed by atoms with Crippen LogP contribution in [0.15, 0.2) is 72.9 Å². The Morgan fingerprint density at radius 2 is 1.61 bits per heavy atom. The molecule has 2 heterocycles. The smallest absolute Gasteiger partial charge is 0.247 e. The van der Waals surface area contributed by atoms with Crippen molar-refractivity contribution in [2.24, 2.45) is 11.8 Å². The number of nitrogens with one attached hydrogen (secondary N) is 2. The molecule has 1 fully saturated rings. The Kier molecular flexibility index (Phi) is 7.98. The summed E-state index contributed by atoms with van der Waals surface area (Å²) in [4.78, 5) is 48.3. The quantitative estimate of drug-likeness (QED) is 0.438. The zero-order valence-electron chi connectivity index (χ0n) is 24.6. The topological polar surface area (TPSA) is 91.4 Å². The van der Waals surface area contributed by atoms with E-state index in [0.29, 0.717) is 24.8 Å². The minimum Gasteiger partial charge on any atom is -0.349 e. The number of rotatable bonds is 7. The normalized spacial score (nSPS) is 20.1. The van der Waals surface area contributed by atoms with Crippen molar-refractivity contribution in [1.82, 2.24) is 20.5 Å². The first-order valence-corrected chi connectivity index (χ1v) is 14.5. The zero-order valence-corrected chi connectivity index (χ0v) is 24.6. The van der Waals surface area contributed by atoms with E-state index in [4.69, 9.17) is 0 Å². The van der Waals surface area contributed by atoms with Crippen LogP contribution in [-0.4, -0.2) is 45.2 Å². The molecule has 3 aromatic rings. The molecule has 1 aliphatic heterocycles. The fourth-order valence-electron chi connectivity index (χ4n) is 6.12. The molecule has 1 saturated heterocycles. The second kappa shape index (κ2) is 11.5. The Bertz CT molecular complexity index is 1390. The molecular formula is C34H40N4O3. The van der Waals surface area contributed by atoms with Gasteiger partial charge in [0, 0.05) is 17.3 Å². The number of amides is 3. The van der Waals surface area contributed by atoms with E-state index >= 15 is 0 Å². The molecule has 7 heteroatoms. The van der Waals surface area contributed by atoms with E-state index in [-0.39, 0.29) is 29.6 Å². The van der Waals surface area contributed by atoms with Crippen molar-refractivity contribution < 1.29 is 14.4 Å². The molecule has 7 nitrogen and oxygen atoms in total. The van der Waals surface area contributed by atoms with Gasteiger partial charge in [-0.15, -0.1) is 0 Å². The van der Waals surface area contributed by atoms with Gasteiger partial charge in [0.05, 0.1) is 5.69 Å². The number of hydrogen-bond donors (Lipinski definition) is 2. The van der Waals surface area contributed by atoms with Crippen molar-refractivity contribution in [3.8, 4) is 11.3 Å². The highest BCUT2D eigenvalue weighted by molar-refractivity contribution is 6.00. The van der Waals surface area contributed by atoms with Gasteiger partial charge in [0.2, 0.25) is 17.7 Å². The van der Waals surface area contributed by atoms with Crippen molar-refractivity contribution in [2.75, 3.05) is 0 Å². The number of benzene rings is 2. The Hall–Kier alpha value is -4.00. The summed E-state index contributed by atoms with van der Waals surface area (Å²) in [5.74, 6) is -0.613. The van der Waals surface area contributed by atoms with Crippen LogP contribution in [0.5, 0.6) is 0 Å².